The summed E-state index contributed by atoms with van der Waals surface area (Å²) in [5, 5.41) is 1.03. The van der Waals surface area contributed by atoms with Crippen LogP contribution in [0.4, 0.5) is 0 Å². The zero-order valence-corrected chi connectivity index (χ0v) is 14.0. The van der Waals surface area contributed by atoms with E-state index in [-0.39, 0.29) is 0 Å². The van der Waals surface area contributed by atoms with Gasteiger partial charge in [-0.25, -0.2) is 4.98 Å². The Labute approximate surface area is 136 Å². The molecule has 0 aliphatic rings. The lowest BCUT2D eigenvalue weighted by Gasteiger charge is -2.02. The van der Waals surface area contributed by atoms with E-state index < -0.39 is 0 Å². The normalized spacial score (nSPS) is 10.8. The van der Waals surface area contributed by atoms with Gasteiger partial charge in [-0.3, -0.25) is 0 Å². The van der Waals surface area contributed by atoms with Gasteiger partial charge in [0.2, 0.25) is 0 Å². The first-order chi connectivity index (χ1) is 10.2. The van der Waals surface area contributed by atoms with Crippen LogP contribution < -0.4 is 5.73 Å². The van der Waals surface area contributed by atoms with Crippen molar-refractivity contribution in [2.24, 2.45) is 5.73 Å². The molecular formula is C17H15BrN2S. The van der Waals surface area contributed by atoms with Crippen molar-refractivity contribution in [2.75, 3.05) is 0 Å². The molecule has 0 amide bonds. The quantitative estimate of drug-likeness (QED) is 0.714. The van der Waals surface area contributed by atoms with Crippen LogP contribution in [0.3, 0.4) is 0 Å². The number of rotatable bonds is 3. The predicted octanol–water partition coefficient (Wildman–Crippen LogP) is 5.01. The van der Waals surface area contributed by atoms with Gasteiger partial charge < -0.3 is 5.73 Å². The van der Waals surface area contributed by atoms with Crippen molar-refractivity contribution in [1.29, 1.82) is 0 Å². The summed E-state index contributed by atoms with van der Waals surface area (Å²) in [4.78, 5) is 5.91. The SMILES string of the molecule is Cc1cc(Br)ccc1-c1nc(CN)c(-c2ccccc2)s1. The summed E-state index contributed by atoms with van der Waals surface area (Å²) in [6.45, 7) is 2.56. The molecule has 1 heterocycles. The third-order valence-corrected chi connectivity index (χ3v) is 5.02. The first kappa shape index (κ1) is 14.4. The number of thiazole rings is 1. The average Bonchev–Trinajstić information content (AvgIpc) is 2.92. The summed E-state index contributed by atoms with van der Waals surface area (Å²) in [5.41, 5.74) is 10.4. The largest absolute Gasteiger partial charge is 0.325 e. The van der Waals surface area contributed by atoms with E-state index in [1.807, 2.05) is 24.3 Å². The van der Waals surface area contributed by atoms with E-state index in [9.17, 15) is 0 Å². The molecule has 21 heavy (non-hydrogen) atoms. The molecule has 3 aromatic rings. The van der Waals surface area contributed by atoms with Crippen LogP contribution in [0.25, 0.3) is 21.0 Å². The van der Waals surface area contributed by atoms with Gasteiger partial charge in [-0.1, -0.05) is 52.3 Å². The lowest BCUT2D eigenvalue weighted by atomic mass is 10.1. The van der Waals surface area contributed by atoms with Crippen molar-refractivity contribution in [2.45, 2.75) is 13.5 Å². The Kier molecular flexibility index (Phi) is 4.19. The van der Waals surface area contributed by atoms with Gasteiger partial charge in [-0.15, -0.1) is 11.3 Å². The molecule has 0 bridgehead atoms. The van der Waals surface area contributed by atoms with Crippen molar-refractivity contribution >= 4 is 27.3 Å². The van der Waals surface area contributed by atoms with Gasteiger partial charge in [0, 0.05) is 16.6 Å². The minimum atomic E-state index is 0.455. The summed E-state index contributed by atoms with van der Waals surface area (Å²) in [7, 11) is 0. The number of hydrogen-bond acceptors (Lipinski definition) is 3. The minimum absolute atomic E-state index is 0.455. The summed E-state index contributed by atoms with van der Waals surface area (Å²) in [5.74, 6) is 0. The first-order valence-electron chi connectivity index (χ1n) is 6.70. The maximum Gasteiger partial charge on any atom is 0.124 e. The summed E-state index contributed by atoms with van der Waals surface area (Å²) in [6, 6.07) is 16.6. The fourth-order valence-electron chi connectivity index (χ4n) is 2.29. The molecule has 106 valence electrons. The second-order valence-corrected chi connectivity index (χ2v) is 6.74. The molecule has 4 heteroatoms. The number of halogens is 1. The molecule has 0 aliphatic heterocycles. The standard InChI is InChI=1S/C17H15BrN2S/c1-11-9-13(18)7-8-14(11)17-20-15(10-19)16(21-17)12-5-3-2-4-6-12/h2-9H,10,19H2,1H3. The molecule has 0 radical (unpaired) electrons. The molecule has 0 saturated heterocycles. The summed E-state index contributed by atoms with van der Waals surface area (Å²) in [6.07, 6.45) is 0. The molecule has 0 aliphatic carbocycles. The fraction of sp³-hybridized carbons (Fsp3) is 0.118. The summed E-state index contributed by atoms with van der Waals surface area (Å²) >= 11 is 5.21. The number of nitrogens with zero attached hydrogens (tertiary/aromatic N) is 1. The fourth-order valence-corrected chi connectivity index (χ4v) is 3.95. The Morgan fingerprint density at radius 1 is 1.14 bits per heavy atom. The second kappa shape index (κ2) is 6.10. The van der Waals surface area contributed by atoms with Gasteiger partial charge in [-0.2, -0.15) is 0 Å². The van der Waals surface area contributed by atoms with Gasteiger partial charge in [0.25, 0.3) is 0 Å². The Morgan fingerprint density at radius 2 is 1.90 bits per heavy atom. The van der Waals surface area contributed by atoms with Gasteiger partial charge in [0.15, 0.2) is 0 Å². The molecular weight excluding hydrogens is 344 g/mol. The van der Waals surface area contributed by atoms with Crippen molar-refractivity contribution in [3.63, 3.8) is 0 Å². The molecule has 3 rings (SSSR count). The Balaban J connectivity index is 2.12. The number of aromatic nitrogens is 1. The van der Waals surface area contributed by atoms with E-state index in [1.54, 1.807) is 11.3 Å². The minimum Gasteiger partial charge on any atom is -0.325 e. The maximum atomic E-state index is 5.88. The van der Waals surface area contributed by atoms with E-state index in [0.717, 1.165) is 20.1 Å². The highest BCUT2D eigenvalue weighted by Gasteiger charge is 2.14. The topological polar surface area (TPSA) is 38.9 Å². The molecule has 2 aromatic carbocycles. The Hall–Kier alpha value is -1.49. The van der Waals surface area contributed by atoms with Crippen molar-refractivity contribution in [3.8, 4) is 21.0 Å². The average molecular weight is 359 g/mol. The van der Waals surface area contributed by atoms with E-state index >= 15 is 0 Å². The van der Waals surface area contributed by atoms with Gasteiger partial charge in [0.1, 0.15) is 5.01 Å². The highest BCUT2D eigenvalue weighted by molar-refractivity contribution is 9.10. The monoisotopic (exact) mass is 358 g/mol. The maximum absolute atomic E-state index is 5.88. The number of benzene rings is 2. The molecule has 0 saturated carbocycles. The molecule has 2 N–H and O–H groups in total. The van der Waals surface area contributed by atoms with Crippen molar-refractivity contribution in [1.82, 2.24) is 4.98 Å². The second-order valence-electron chi connectivity index (χ2n) is 4.82. The molecule has 2 nitrogen and oxygen atoms in total. The lowest BCUT2D eigenvalue weighted by Crippen LogP contribution is -1.98. The van der Waals surface area contributed by atoms with E-state index in [0.29, 0.717) is 6.54 Å². The van der Waals surface area contributed by atoms with Crippen LogP contribution in [0.5, 0.6) is 0 Å². The van der Waals surface area contributed by atoms with Crippen LogP contribution in [-0.2, 0) is 6.54 Å². The number of nitrogens with two attached hydrogens (primary N) is 1. The first-order valence-corrected chi connectivity index (χ1v) is 8.31. The zero-order valence-electron chi connectivity index (χ0n) is 11.6. The van der Waals surface area contributed by atoms with Crippen molar-refractivity contribution in [3.05, 3.63) is 64.3 Å². The molecule has 0 unspecified atom stereocenters. The predicted molar refractivity (Wildman–Crippen MR) is 93.3 cm³/mol. The highest BCUT2D eigenvalue weighted by atomic mass is 79.9. The number of aryl methyl sites for hydroxylation is 1. The van der Waals surface area contributed by atoms with Gasteiger partial charge >= 0.3 is 0 Å². The number of hydrogen-bond donors (Lipinski definition) is 1. The van der Waals surface area contributed by atoms with Crippen LogP contribution in [-0.4, -0.2) is 4.98 Å². The molecule has 0 spiro atoms. The Morgan fingerprint density at radius 3 is 2.57 bits per heavy atom. The van der Waals surface area contributed by atoms with Crippen LogP contribution in [0.15, 0.2) is 53.0 Å². The van der Waals surface area contributed by atoms with Crippen LogP contribution >= 0.6 is 27.3 Å². The Bertz CT molecular complexity index is 766. The van der Waals surface area contributed by atoms with Crippen molar-refractivity contribution < 1.29 is 0 Å². The zero-order chi connectivity index (χ0) is 14.8. The molecule has 1 aromatic heterocycles. The smallest absolute Gasteiger partial charge is 0.124 e. The van der Waals surface area contributed by atoms with E-state index in [1.165, 1.54) is 16.7 Å². The van der Waals surface area contributed by atoms with Gasteiger partial charge in [-0.05, 0) is 30.2 Å². The lowest BCUT2D eigenvalue weighted by molar-refractivity contribution is 1.02. The van der Waals surface area contributed by atoms with Crippen LogP contribution in [0.1, 0.15) is 11.3 Å². The van der Waals surface area contributed by atoms with E-state index in [2.05, 4.69) is 47.1 Å². The van der Waals surface area contributed by atoms with Crippen LogP contribution in [0, 0.1) is 6.92 Å². The van der Waals surface area contributed by atoms with Crippen LogP contribution in [0.2, 0.25) is 0 Å². The molecule has 0 atom stereocenters. The third-order valence-electron chi connectivity index (χ3n) is 3.35. The highest BCUT2D eigenvalue weighted by Crippen LogP contribution is 2.37. The summed E-state index contributed by atoms with van der Waals surface area (Å²) < 4.78 is 1.09. The third kappa shape index (κ3) is 2.93. The molecule has 0 fully saturated rings. The van der Waals surface area contributed by atoms with Gasteiger partial charge in [0.05, 0.1) is 10.6 Å². The van der Waals surface area contributed by atoms with E-state index in [4.69, 9.17) is 10.7 Å².